The molecule has 4 nitrogen and oxygen atoms in total. The van der Waals surface area contributed by atoms with E-state index in [0.717, 1.165) is 35.1 Å². The van der Waals surface area contributed by atoms with Gasteiger partial charge in [0, 0.05) is 25.2 Å². The summed E-state index contributed by atoms with van der Waals surface area (Å²) in [5, 5.41) is 4.45. The van der Waals surface area contributed by atoms with Crippen LogP contribution in [0.2, 0.25) is 0 Å². The van der Waals surface area contributed by atoms with Crippen molar-refractivity contribution in [3.05, 3.63) is 15.6 Å². The summed E-state index contributed by atoms with van der Waals surface area (Å²) < 4.78 is 0. The maximum absolute atomic E-state index is 12.8. The van der Waals surface area contributed by atoms with Crippen LogP contribution in [0.1, 0.15) is 48.1 Å². The van der Waals surface area contributed by atoms with Crippen molar-refractivity contribution >= 4 is 17.2 Å². The van der Waals surface area contributed by atoms with Gasteiger partial charge in [-0.25, -0.2) is 4.98 Å². The number of thiazole rings is 1. The van der Waals surface area contributed by atoms with Gasteiger partial charge in [-0.3, -0.25) is 4.79 Å². The van der Waals surface area contributed by atoms with Gasteiger partial charge in [-0.15, -0.1) is 11.3 Å². The van der Waals surface area contributed by atoms with E-state index in [4.69, 9.17) is 0 Å². The Balaban J connectivity index is 2.20. The standard InChI is InChI=1S/C15H25N3OS/c1-9(2)6-13-14(20-12(5)17-13)15(19)18-7-10(3)16-11(4)8-18/h9-11,16H,6-8H2,1-5H3/t10-,11+. The van der Waals surface area contributed by atoms with E-state index in [2.05, 4.69) is 38.0 Å². The molecule has 0 spiro atoms. The fourth-order valence-electron chi connectivity index (χ4n) is 2.80. The maximum atomic E-state index is 12.8. The highest BCUT2D eigenvalue weighted by Gasteiger charge is 2.28. The van der Waals surface area contributed by atoms with Gasteiger partial charge in [-0.1, -0.05) is 13.8 Å². The highest BCUT2D eigenvalue weighted by molar-refractivity contribution is 7.13. The van der Waals surface area contributed by atoms with Crippen LogP contribution in [0.15, 0.2) is 0 Å². The van der Waals surface area contributed by atoms with E-state index in [9.17, 15) is 4.79 Å². The number of aromatic nitrogens is 1. The van der Waals surface area contributed by atoms with Crippen LogP contribution in [0.3, 0.4) is 0 Å². The molecule has 2 heterocycles. The fraction of sp³-hybridized carbons (Fsp3) is 0.733. The Labute approximate surface area is 125 Å². The summed E-state index contributed by atoms with van der Waals surface area (Å²) in [6.07, 6.45) is 0.878. The molecule has 1 aliphatic rings. The van der Waals surface area contributed by atoms with Crippen LogP contribution >= 0.6 is 11.3 Å². The van der Waals surface area contributed by atoms with Gasteiger partial charge in [0.1, 0.15) is 4.88 Å². The van der Waals surface area contributed by atoms with Crippen molar-refractivity contribution in [2.75, 3.05) is 13.1 Å². The summed E-state index contributed by atoms with van der Waals surface area (Å²) in [6.45, 7) is 12.1. The second-order valence-corrected chi connectivity index (χ2v) is 7.49. The van der Waals surface area contributed by atoms with Crippen molar-refractivity contribution in [3.63, 3.8) is 0 Å². The highest BCUT2D eigenvalue weighted by atomic mass is 32.1. The molecule has 2 rings (SSSR count). The first-order valence-electron chi connectivity index (χ1n) is 7.38. The summed E-state index contributed by atoms with van der Waals surface area (Å²) in [4.78, 5) is 20.2. The van der Waals surface area contributed by atoms with Crippen molar-refractivity contribution in [1.29, 1.82) is 0 Å². The molecule has 112 valence electrons. The number of rotatable bonds is 3. The van der Waals surface area contributed by atoms with E-state index in [1.165, 1.54) is 11.3 Å². The molecule has 0 aromatic carbocycles. The first-order valence-corrected chi connectivity index (χ1v) is 8.20. The van der Waals surface area contributed by atoms with Crippen LogP contribution in [-0.2, 0) is 6.42 Å². The van der Waals surface area contributed by atoms with Crippen LogP contribution in [0, 0.1) is 12.8 Å². The van der Waals surface area contributed by atoms with Gasteiger partial charge < -0.3 is 10.2 Å². The molecule has 1 aromatic heterocycles. The van der Waals surface area contributed by atoms with E-state index in [1.807, 2.05) is 11.8 Å². The normalized spacial score (nSPS) is 23.4. The number of amides is 1. The summed E-state index contributed by atoms with van der Waals surface area (Å²) in [5.41, 5.74) is 0.978. The molecular formula is C15H25N3OS. The van der Waals surface area contributed by atoms with Crippen LogP contribution in [-0.4, -0.2) is 41.0 Å². The predicted octanol–water partition coefficient (Wildman–Crippen LogP) is 2.47. The zero-order valence-corrected chi connectivity index (χ0v) is 13.9. The van der Waals surface area contributed by atoms with E-state index in [0.29, 0.717) is 18.0 Å². The molecule has 1 aliphatic heterocycles. The lowest BCUT2D eigenvalue weighted by atomic mass is 10.1. The van der Waals surface area contributed by atoms with Crippen molar-refractivity contribution < 1.29 is 4.79 Å². The highest BCUT2D eigenvalue weighted by Crippen LogP contribution is 2.23. The molecule has 5 heteroatoms. The Bertz CT molecular complexity index is 473. The molecule has 0 bridgehead atoms. The molecule has 2 atom stereocenters. The average Bonchev–Trinajstić information content (AvgIpc) is 2.67. The number of piperazine rings is 1. The van der Waals surface area contributed by atoms with Crippen molar-refractivity contribution in [2.24, 2.45) is 5.92 Å². The number of hydrogen-bond acceptors (Lipinski definition) is 4. The zero-order valence-electron chi connectivity index (χ0n) is 13.1. The molecule has 0 saturated carbocycles. The number of carbonyl (C=O) groups excluding carboxylic acids is 1. The third-order valence-electron chi connectivity index (χ3n) is 3.44. The first kappa shape index (κ1) is 15.4. The minimum absolute atomic E-state index is 0.159. The van der Waals surface area contributed by atoms with Crippen LogP contribution in [0.4, 0.5) is 0 Å². The van der Waals surface area contributed by atoms with Gasteiger partial charge in [0.15, 0.2) is 0 Å². The number of nitrogens with zero attached hydrogens (tertiary/aromatic N) is 2. The van der Waals surface area contributed by atoms with Gasteiger partial charge in [0.05, 0.1) is 10.7 Å². The van der Waals surface area contributed by atoms with E-state index in [1.54, 1.807) is 0 Å². The van der Waals surface area contributed by atoms with E-state index in [-0.39, 0.29) is 5.91 Å². The summed E-state index contributed by atoms with van der Waals surface area (Å²) >= 11 is 1.54. The Hall–Kier alpha value is -0.940. The first-order chi connectivity index (χ1) is 9.36. The van der Waals surface area contributed by atoms with Gasteiger partial charge >= 0.3 is 0 Å². The minimum Gasteiger partial charge on any atom is -0.335 e. The second-order valence-electron chi connectivity index (χ2n) is 6.29. The summed E-state index contributed by atoms with van der Waals surface area (Å²) in [7, 11) is 0. The summed E-state index contributed by atoms with van der Waals surface area (Å²) in [6, 6.07) is 0.704. The molecule has 1 amide bonds. The Morgan fingerprint density at radius 1 is 1.40 bits per heavy atom. The van der Waals surface area contributed by atoms with Gasteiger partial charge in [-0.2, -0.15) is 0 Å². The summed E-state index contributed by atoms with van der Waals surface area (Å²) in [5.74, 6) is 0.676. The van der Waals surface area contributed by atoms with Crippen molar-refractivity contribution in [1.82, 2.24) is 15.2 Å². The number of carbonyl (C=O) groups is 1. The van der Waals surface area contributed by atoms with Crippen LogP contribution in [0.5, 0.6) is 0 Å². The van der Waals surface area contributed by atoms with Gasteiger partial charge in [0.2, 0.25) is 0 Å². The lowest BCUT2D eigenvalue weighted by Gasteiger charge is -2.36. The Kier molecular flexibility index (Phi) is 4.81. The molecular weight excluding hydrogens is 270 g/mol. The molecule has 1 N–H and O–H groups in total. The Morgan fingerprint density at radius 3 is 2.55 bits per heavy atom. The molecule has 20 heavy (non-hydrogen) atoms. The third-order valence-corrected chi connectivity index (χ3v) is 4.45. The minimum atomic E-state index is 0.159. The fourth-order valence-corrected chi connectivity index (χ4v) is 3.71. The number of hydrogen-bond donors (Lipinski definition) is 1. The topological polar surface area (TPSA) is 45.2 Å². The van der Waals surface area contributed by atoms with E-state index >= 15 is 0 Å². The molecule has 0 radical (unpaired) electrons. The van der Waals surface area contributed by atoms with Gasteiger partial charge in [-0.05, 0) is 33.1 Å². The quantitative estimate of drug-likeness (QED) is 0.932. The van der Waals surface area contributed by atoms with Crippen molar-refractivity contribution in [3.8, 4) is 0 Å². The molecule has 1 fully saturated rings. The number of nitrogens with one attached hydrogen (secondary N) is 1. The third kappa shape index (κ3) is 3.58. The molecule has 0 unspecified atom stereocenters. The predicted molar refractivity (Wildman–Crippen MR) is 83.4 cm³/mol. The lowest BCUT2D eigenvalue weighted by molar-refractivity contribution is 0.0677. The monoisotopic (exact) mass is 295 g/mol. The van der Waals surface area contributed by atoms with Crippen LogP contribution < -0.4 is 5.32 Å². The largest absolute Gasteiger partial charge is 0.335 e. The smallest absolute Gasteiger partial charge is 0.265 e. The number of aryl methyl sites for hydroxylation is 1. The molecule has 1 saturated heterocycles. The molecule has 0 aliphatic carbocycles. The maximum Gasteiger partial charge on any atom is 0.265 e. The molecule has 1 aromatic rings. The zero-order chi connectivity index (χ0) is 14.9. The van der Waals surface area contributed by atoms with E-state index < -0.39 is 0 Å². The van der Waals surface area contributed by atoms with Crippen molar-refractivity contribution in [2.45, 2.75) is 53.1 Å². The SMILES string of the molecule is Cc1nc(CC(C)C)c(C(=O)N2C[C@@H](C)N[C@@H](C)C2)s1. The Morgan fingerprint density at radius 2 is 2.00 bits per heavy atom. The average molecular weight is 295 g/mol. The van der Waals surface area contributed by atoms with Gasteiger partial charge in [0.25, 0.3) is 5.91 Å². The second kappa shape index (κ2) is 6.22. The van der Waals surface area contributed by atoms with Crippen LogP contribution in [0.25, 0.3) is 0 Å². The lowest BCUT2D eigenvalue weighted by Crippen LogP contribution is -2.55.